The summed E-state index contributed by atoms with van der Waals surface area (Å²) in [6.07, 6.45) is 7.11. The summed E-state index contributed by atoms with van der Waals surface area (Å²) in [6.45, 7) is 7.18. The van der Waals surface area contributed by atoms with E-state index in [-0.39, 0.29) is 16.5 Å². The minimum atomic E-state index is -0.326. The maximum absolute atomic E-state index is 6.07. The molecule has 0 radical (unpaired) electrons. The highest BCUT2D eigenvalue weighted by molar-refractivity contribution is 7.97. The van der Waals surface area contributed by atoms with Gasteiger partial charge in [-0.25, -0.2) is 0 Å². The summed E-state index contributed by atoms with van der Waals surface area (Å²) in [5, 5.41) is 0. The zero-order chi connectivity index (χ0) is 27.8. The molecule has 40 heavy (non-hydrogen) atoms. The second-order valence-electron chi connectivity index (χ2n) is 10.2. The standard InChI is InChI=1S/C34H33N2O3S/c1-34(2,3)39-30-8-14-33(15-9-30)40(31-10-4-28(5-11-31)37-24-26-16-20-35-21-17-26)32-12-6-29(7-13-32)38-25-27-18-22-36-23-19-27/h4-23H,24-25H2,1-3H3/q+1. The van der Waals surface area contributed by atoms with E-state index < -0.39 is 0 Å². The van der Waals surface area contributed by atoms with Gasteiger partial charge in [-0.3, -0.25) is 9.97 Å². The van der Waals surface area contributed by atoms with Crippen molar-refractivity contribution >= 4 is 10.9 Å². The zero-order valence-electron chi connectivity index (χ0n) is 23.0. The van der Waals surface area contributed by atoms with Crippen LogP contribution < -0.4 is 14.2 Å². The van der Waals surface area contributed by atoms with Gasteiger partial charge in [-0.15, -0.1) is 0 Å². The molecule has 0 saturated heterocycles. The number of benzene rings is 3. The third-order valence-corrected chi connectivity index (χ3v) is 8.14. The van der Waals surface area contributed by atoms with Crippen LogP contribution in [0.15, 0.2) is 137 Å². The van der Waals surface area contributed by atoms with Gasteiger partial charge in [-0.1, -0.05) is 0 Å². The van der Waals surface area contributed by atoms with Crippen molar-refractivity contribution in [2.45, 2.75) is 54.3 Å². The number of hydrogen-bond donors (Lipinski definition) is 0. The molecule has 6 heteroatoms. The zero-order valence-corrected chi connectivity index (χ0v) is 23.8. The van der Waals surface area contributed by atoms with Crippen LogP contribution in [0.2, 0.25) is 0 Å². The molecule has 0 atom stereocenters. The van der Waals surface area contributed by atoms with E-state index in [1.807, 2.05) is 48.5 Å². The van der Waals surface area contributed by atoms with Crippen molar-refractivity contribution in [3.05, 3.63) is 133 Å². The Labute approximate surface area is 239 Å². The summed E-state index contributed by atoms with van der Waals surface area (Å²) >= 11 is 0. The maximum atomic E-state index is 6.07. The fourth-order valence-corrected chi connectivity index (χ4v) is 6.08. The molecule has 0 aliphatic rings. The van der Waals surface area contributed by atoms with Crippen LogP contribution >= 0.6 is 0 Å². The molecule has 5 nitrogen and oxygen atoms in total. The van der Waals surface area contributed by atoms with Crippen molar-refractivity contribution < 1.29 is 14.2 Å². The lowest BCUT2D eigenvalue weighted by atomic mass is 10.2. The molecule has 2 aromatic heterocycles. The molecular formula is C34H33N2O3S+. The Balaban J connectivity index is 1.37. The minimum absolute atomic E-state index is 0.249. The summed E-state index contributed by atoms with van der Waals surface area (Å²) in [5.41, 5.74) is 1.92. The first-order valence-corrected chi connectivity index (χ1v) is 14.4. The van der Waals surface area contributed by atoms with Gasteiger partial charge in [0.05, 0.1) is 10.9 Å². The summed E-state index contributed by atoms with van der Waals surface area (Å²) < 4.78 is 18.1. The number of hydrogen-bond acceptors (Lipinski definition) is 5. The lowest BCUT2D eigenvalue weighted by Crippen LogP contribution is -2.22. The van der Waals surface area contributed by atoms with Crippen LogP contribution in [0.1, 0.15) is 31.9 Å². The van der Waals surface area contributed by atoms with Gasteiger partial charge in [-0.05, 0) is 129 Å². The number of nitrogens with zero attached hydrogens (tertiary/aromatic N) is 2. The van der Waals surface area contributed by atoms with Crippen LogP contribution in [0.4, 0.5) is 0 Å². The predicted molar refractivity (Wildman–Crippen MR) is 159 cm³/mol. The number of ether oxygens (including phenoxy) is 3. The second-order valence-corrected chi connectivity index (χ2v) is 12.2. The fourth-order valence-electron chi connectivity index (χ4n) is 4.04. The van der Waals surface area contributed by atoms with Gasteiger partial charge in [0.25, 0.3) is 0 Å². The molecule has 5 aromatic rings. The normalized spacial score (nSPS) is 11.3. The highest BCUT2D eigenvalue weighted by atomic mass is 32.2. The van der Waals surface area contributed by atoms with Crippen molar-refractivity contribution in [2.24, 2.45) is 0 Å². The Morgan fingerprint density at radius 2 is 0.850 bits per heavy atom. The van der Waals surface area contributed by atoms with E-state index in [2.05, 4.69) is 79.3 Å². The van der Waals surface area contributed by atoms with Gasteiger partial charge < -0.3 is 14.2 Å². The minimum Gasteiger partial charge on any atom is -0.489 e. The monoisotopic (exact) mass is 549 g/mol. The van der Waals surface area contributed by atoms with E-state index in [4.69, 9.17) is 14.2 Å². The van der Waals surface area contributed by atoms with Crippen molar-refractivity contribution in [3.8, 4) is 17.2 Å². The molecule has 0 spiro atoms. The Bertz CT molecular complexity index is 1380. The van der Waals surface area contributed by atoms with Crippen molar-refractivity contribution in [1.82, 2.24) is 9.97 Å². The van der Waals surface area contributed by atoms with Crippen molar-refractivity contribution in [3.63, 3.8) is 0 Å². The van der Waals surface area contributed by atoms with E-state index in [0.29, 0.717) is 13.2 Å². The van der Waals surface area contributed by atoms with Crippen LogP contribution in [-0.2, 0) is 24.1 Å². The van der Waals surface area contributed by atoms with Gasteiger partial charge in [0.15, 0.2) is 14.7 Å². The lowest BCUT2D eigenvalue weighted by Gasteiger charge is -2.21. The Hall–Kier alpha value is -4.29. The largest absolute Gasteiger partial charge is 0.489 e. The molecule has 5 rings (SSSR count). The van der Waals surface area contributed by atoms with Gasteiger partial charge in [0.2, 0.25) is 0 Å². The van der Waals surface area contributed by atoms with Crippen LogP contribution in [0.25, 0.3) is 0 Å². The van der Waals surface area contributed by atoms with Gasteiger partial charge >= 0.3 is 0 Å². The number of rotatable bonds is 10. The molecule has 3 aromatic carbocycles. The van der Waals surface area contributed by atoms with Gasteiger partial charge in [-0.2, -0.15) is 0 Å². The van der Waals surface area contributed by atoms with Crippen molar-refractivity contribution in [2.75, 3.05) is 0 Å². The number of aromatic nitrogens is 2. The van der Waals surface area contributed by atoms with E-state index in [0.717, 1.165) is 28.4 Å². The molecule has 0 saturated carbocycles. The molecule has 0 aliphatic carbocycles. The quantitative estimate of drug-likeness (QED) is 0.166. The first-order chi connectivity index (χ1) is 19.4. The van der Waals surface area contributed by atoms with Crippen LogP contribution in [0.5, 0.6) is 17.2 Å². The third-order valence-electron chi connectivity index (χ3n) is 5.91. The predicted octanol–water partition coefficient (Wildman–Crippen LogP) is 7.91. The van der Waals surface area contributed by atoms with E-state index >= 15 is 0 Å². The van der Waals surface area contributed by atoms with Crippen LogP contribution in [0, 0.1) is 0 Å². The molecular weight excluding hydrogens is 516 g/mol. The molecule has 0 bridgehead atoms. The average Bonchev–Trinajstić information content (AvgIpc) is 2.98. The summed E-state index contributed by atoms with van der Waals surface area (Å²) in [5.74, 6) is 2.52. The maximum Gasteiger partial charge on any atom is 0.166 e. The third kappa shape index (κ3) is 7.64. The molecule has 202 valence electrons. The highest BCUT2D eigenvalue weighted by Crippen LogP contribution is 2.34. The van der Waals surface area contributed by atoms with E-state index in [9.17, 15) is 0 Å². The summed E-state index contributed by atoms with van der Waals surface area (Å²) in [7, 11) is -0.326. The molecule has 0 aliphatic heterocycles. The molecule has 0 N–H and O–H groups in total. The highest BCUT2D eigenvalue weighted by Gasteiger charge is 2.29. The first-order valence-electron chi connectivity index (χ1n) is 13.2. The molecule has 2 heterocycles. The van der Waals surface area contributed by atoms with Crippen LogP contribution in [-0.4, -0.2) is 15.6 Å². The average molecular weight is 550 g/mol. The molecule has 0 unspecified atom stereocenters. The van der Waals surface area contributed by atoms with Gasteiger partial charge in [0.1, 0.15) is 36.1 Å². The smallest absolute Gasteiger partial charge is 0.166 e. The Morgan fingerprint density at radius 1 is 0.500 bits per heavy atom. The summed E-state index contributed by atoms with van der Waals surface area (Å²) in [6, 6.07) is 33.0. The lowest BCUT2D eigenvalue weighted by molar-refractivity contribution is 0.131. The number of pyridine rings is 2. The summed E-state index contributed by atoms with van der Waals surface area (Å²) in [4.78, 5) is 11.7. The van der Waals surface area contributed by atoms with Crippen LogP contribution in [0.3, 0.4) is 0 Å². The molecule has 0 fully saturated rings. The van der Waals surface area contributed by atoms with Crippen molar-refractivity contribution in [1.29, 1.82) is 0 Å². The Morgan fingerprint density at radius 3 is 1.20 bits per heavy atom. The molecule has 0 amide bonds. The topological polar surface area (TPSA) is 53.5 Å². The first kappa shape index (κ1) is 27.3. The van der Waals surface area contributed by atoms with E-state index in [1.165, 1.54) is 14.7 Å². The SMILES string of the molecule is CC(C)(C)Oc1ccc([S+](c2ccc(OCc3ccncc3)cc2)c2ccc(OCc3ccncc3)cc2)cc1. The Kier molecular flexibility index (Phi) is 8.67. The fraction of sp³-hybridized carbons (Fsp3) is 0.176. The van der Waals surface area contributed by atoms with Gasteiger partial charge in [0, 0.05) is 24.8 Å². The van der Waals surface area contributed by atoms with E-state index in [1.54, 1.807) is 24.8 Å². The second kappa shape index (κ2) is 12.7.